The number of amides is 1. The predicted molar refractivity (Wildman–Crippen MR) is 93.9 cm³/mol. The molecule has 0 N–H and O–H groups in total. The zero-order valence-corrected chi connectivity index (χ0v) is 15.6. The highest BCUT2D eigenvalue weighted by Crippen LogP contribution is 2.30. The lowest BCUT2D eigenvalue weighted by Crippen LogP contribution is -2.51. The number of likely N-dealkylation sites (N-methyl/N-ethyl adjacent to an activating group) is 1. The fourth-order valence-corrected chi connectivity index (χ4v) is 4.59. The molecule has 3 aliphatic rings. The topological polar surface area (TPSA) is 42.0 Å². The van der Waals surface area contributed by atoms with Gasteiger partial charge in [-0.15, -0.1) is 0 Å². The van der Waals surface area contributed by atoms with E-state index in [0.29, 0.717) is 18.7 Å². The molecule has 0 unspecified atom stereocenters. The number of carbonyl (C=O) groups excluding carboxylic acids is 1. The Hall–Kier alpha value is -0.650. The highest BCUT2D eigenvalue weighted by atomic mass is 16.5. The summed E-state index contributed by atoms with van der Waals surface area (Å²) >= 11 is 0. The molecule has 3 fully saturated rings. The van der Waals surface area contributed by atoms with Gasteiger partial charge in [0, 0.05) is 25.2 Å². The van der Waals surface area contributed by atoms with Crippen LogP contribution < -0.4 is 0 Å². The summed E-state index contributed by atoms with van der Waals surface area (Å²) in [6.45, 7) is 7.61. The summed E-state index contributed by atoms with van der Waals surface area (Å²) in [6, 6.07) is 0.903. The van der Waals surface area contributed by atoms with E-state index in [4.69, 9.17) is 9.47 Å². The van der Waals surface area contributed by atoms with Crippen molar-refractivity contribution in [3.63, 3.8) is 0 Å². The molecular weight excluding hydrogens is 304 g/mol. The molecule has 0 aromatic carbocycles. The van der Waals surface area contributed by atoms with Crippen molar-refractivity contribution in [2.45, 2.75) is 76.7 Å². The van der Waals surface area contributed by atoms with Gasteiger partial charge in [-0.2, -0.15) is 0 Å². The van der Waals surface area contributed by atoms with Crippen LogP contribution in [0.5, 0.6) is 0 Å². The van der Waals surface area contributed by atoms with E-state index in [1.807, 2.05) is 0 Å². The molecule has 4 atom stereocenters. The molecule has 0 spiro atoms. The number of ether oxygens (including phenoxy) is 2. The van der Waals surface area contributed by atoms with Gasteiger partial charge in [-0.1, -0.05) is 13.8 Å². The average Bonchev–Trinajstić information content (AvgIpc) is 3.27. The van der Waals surface area contributed by atoms with Gasteiger partial charge in [0.25, 0.3) is 5.91 Å². The standard InChI is InChI=1S/C19H34N2O3/c1-14(2)18(24-13-15-7-6-12-23-15)19(22)21-11-5-9-17(21)16-8-4-10-20(16)3/h14-18H,4-13H2,1-3H3/t15-,16+,17-,18-/m0/s1. The number of hydrogen-bond acceptors (Lipinski definition) is 4. The Labute approximate surface area is 146 Å². The van der Waals surface area contributed by atoms with Crippen molar-refractivity contribution in [2.75, 3.05) is 33.4 Å². The largest absolute Gasteiger partial charge is 0.376 e. The van der Waals surface area contributed by atoms with Crippen molar-refractivity contribution in [3.8, 4) is 0 Å². The Balaban J connectivity index is 1.62. The van der Waals surface area contributed by atoms with E-state index in [2.05, 4.69) is 30.7 Å². The van der Waals surface area contributed by atoms with Gasteiger partial charge in [0.15, 0.2) is 0 Å². The van der Waals surface area contributed by atoms with Crippen molar-refractivity contribution >= 4 is 5.91 Å². The molecule has 3 saturated heterocycles. The van der Waals surface area contributed by atoms with Crippen LogP contribution >= 0.6 is 0 Å². The predicted octanol–water partition coefficient (Wildman–Crippen LogP) is 2.29. The van der Waals surface area contributed by atoms with E-state index in [9.17, 15) is 4.79 Å². The maximum atomic E-state index is 13.2. The molecule has 5 nitrogen and oxygen atoms in total. The molecule has 3 aliphatic heterocycles. The van der Waals surface area contributed by atoms with Crippen LogP contribution in [0.4, 0.5) is 0 Å². The lowest BCUT2D eigenvalue weighted by molar-refractivity contribution is -0.151. The van der Waals surface area contributed by atoms with E-state index >= 15 is 0 Å². The zero-order valence-electron chi connectivity index (χ0n) is 15.6. The third kappa shape index (κ3) is 3.94. The minimum atomic E-state index is -0.332. The summed E-state index contributed by atoms with van der Waals surface area (Å²) in [6.07, 6.45) is 6.73. The highest BCUT2D eigenvalue weighted by Gasteiger charge is 2.41. The van der Waals surface area contributed by atoms with Crippen LogP contribution in [-0.2, 0) is 14.3 Å². The van der Waals surface area contributed by atoms with E-state index in [-0.39, 0.29) is 24.0 Å². The van der Waals surface area contributed by atoms with Gasteiger partial charge < -0.3 is 19.3 Å². The van der Waals surface area contributed by atoms with E-state index in [1.165, 1.54) is 12.8 Å². The molecule has 138 valence electrons. The van der Waals surface area contributed by atoms with Gasteiger partial charge >= 0.3 is 0 Å². The van der Waals surface area contributed by atoms with E-state index in [1.54, 1.807) is 0 Å². The summed E-state index contributed by atoms with van der Waals surface area (Å²) in [7, 11) is 2.20. The van der Waals surface area contributed by atoms with Crippen molar-refractivity contribution in [1.82, 2.24) is 9.80 Å². The summed E-state index contributed by atoms with van der Waals surface area (Å²) in [5, 5.41) is 0. The molecule has 0 saturated carbocycles. The summed E-state index contributed by atoms with van der Waals surface area (Å²) in [5.41, 5.74) is 0. The molecule has 1 amide bonds. The maximum absolute atomic E-state index is 13.2. The minimum Gasteiger partial charge on any atom is -0.376 e. The second-order valence-corrected chi connectivity index (χ2v) is 8.06. The normalized spacial score (nSPS) is 32.8. The fraction of sp³-hybridized carbons (Fsp3) is 0.947. The number of likely N-dealkylation sites (tertiary alicyclic amines) is 2. The highest BCUT2D eigenvalue weighted by molar-refractivity contribution is 5.82. The van der Waals surface area contributed by atoms with Crippen LogP contribution in [0.15, 0.2) is 0 Å². The van der Waals surface area contributed by atoms with Crippen LogP contribution in [0.25, 0.3) is 0 Å². The molecule has 0 aromatic rings. The quantitative estimate of drug-likeness (QED) is 0.745. The first-order valence-electron chi connectivity index (χ1n) is 9.82. The van der Waals surface area contributed by atoms with Gasteiger partial charge in [-0.05, 0) is 58.0 Å². The number of carbonyl (C=O) groups is 1. The van der Waals surface area contributed by atoms with Gasteiger partial charge in [0.05, 0.1) is 12.7 Å². The molecule has 0 radical (unpaired) electrons. The van der Waals surface area contributed by atoms with Crippen LogP contribution in [0.2, 0.25) is 0 Å². The van der Waals surface area contributed by atoms with Crippen LogP contribution in [0.3, 0.4) is 0 Å². The Kier molecular flexibility index (Phi) is 6.17. The van der Waals surface area contributed by atoms with Crippen molar-refractivity contribution in [1.29, 1.82) is 0 Å². The Morgan fingerprint density at radius 1 is 1.12 bits per heavy atom. The summed E-state index contributed by atoms with van der Waals surface area (Å²) in [4.78, 5) is 17.8. The van der Waals surface area contributed by atoms with Crippen molar-refractivity contribution in [2.24, 2.45) is 5.92 Å². The fourth-order valence-electron chi connectivity index (χ4n) is 4.59. The lowest BCUT2D eigenvalue weighted by atomic mass is 10.0. The van der Waals surface area contributed by atoms with Crippen LogP contribution in [0.1, 0.15) is 52.4 Å². The second-order valence-electron chi connectivity index (χ2n) is 8.06. The molecule has 0 aromatic heterocycles. The number of hydrogen-bond donors (Lipinski definition) is 0. The first-order valence-corrected chi connectivity index (χ1v) is 9.82. The first-order chi connectivity index (χ1) is 11.6. The van der Waals surface area contributed by atoms with Crippen molar-refractivity contribution < 1.29 is 14.3 Å². The zero-order chi connectivity index (χ0) is 17.1. The Morgan fingerprint density at radius 2 is 1.88 bits per heavy atom. The Bertz CT molecular complexity index is 423. The molecule has 0 bridgehead atoms. The van der Waals surface area contributed by atoms with Crippen LogP contribution in [-0.4, -0.2) is 73.3 Å². The second kappa shape index (κ2) is 8.15. The monoisotopic (exact) mass is 338 g/mol. The number of nitrogens with zero attached hydrogens (tertiary/aromatic N) is 2. The van der Waals surface area contributed by atoms with Gasteiger partial charge in [-0.25, -0.2) is 0 Å². The van der Waals surface area contributed by atoms with Gasteiger partial charge in [0.2, 0.25) is 0 Å². The third-order valence-corrected chi connectivity index (χ3v) is 5.94. The summed E-state index contributed by atoms with van der Waals surface area (Å²) in [5.74, 6) is 0.396. The van der Waals surface area contributed by atoms with Gasteiger partial charge in [-0.3, -0.25) is 4.79 Å². The van der Waals surface area contributed by atoms with E-state index < -0.39 is 0 Å². The maximum Gasteiger partial charge on any atom is 0.252 e. The Morgan fingerprint density at radius 3 is 2.50 bits per heavy atom. The molecule has 3 heterocycles. The molecule has 5 heteroatoms. The van der Waals surface area contributed by atoms with Crippen LogP contribution in [0, 0.1) is 5.92 Å². The molecule has 3 rings (SSSR count). The van der Waals surface area contributed by atoms with E-state index in [0.717, 1.165) is 45.4 Å². The lowest BCUT2D eigenvalue weighted by Gasteiger charge is -2.36. The molecule has 0 aliphatic carbocycles. The number of rotatable bonds is 6. The first kappa shape index (κ1) is 18.2. The third-order valence-electron chi connectivity index (χ3n) is 5.94. The molecule has 24 heavy (non-hydrogen) atoms. The molecular formula is C19H34N2O3. The minimum absolute atomic E-state index is 0.175. The smallest absolute Gasteiger partial charge is 0.252 e. The van der Waals surface area contributed by atoms with Gasteiger partial charge in [0.1, 0.15) is 6.10 Å². The summed E-state index contributed by atoms with van der Waals surface area (Å²) < 4.78 is 11.7. The van der Waals surface area contributed by atoms with Crippen molar-refractivity contribution in [3.05, 3.63) is 0 Å². The average molecular weight is 338 g/mol. The SMILES string of the molecule is CC(C)[C@H](OC[C@@H]1CCCO1)C(=O)N1CCC[C@H]1[C@H]1CCCN1C.